The smallest absolute Gasteiger partial charge is 0.337 e. The topological polar surface area (TPSA) is 102 Å². The maximum absolute atomic E-state index is 13.3. The zero-order valence-corrected chi connectivity index (χ0v) is 20.7. The van der Waals surface area contributed by atoms with Gasteiger partial charge in [0.25, 0.3) is 10.0 Å². The van der Waals surface area contributed by atoms with E-state index in [0.717, 1.165) is 10.9 Å². The summed E-state index contributed by atoms with van der Waals surface area (Å²) in [5.74, 6) is -0.486. The average Bonchev–Trinajstić information content (AvgIpc) is 3.19. The molecule has 11 heteroatoms. The number of rotatable bonds is 7. The Morgan fingerprint density at radius 2 is 1.97 bits per heavy atom. The van der Waals surface area contributed by atoms with Gasteiger partial charge in [0.15, 0.2) is 0 Å². The zero-order chi connectivity index (χ0) is 23.6. The fourth-order valence-corrected chi connectivity index (χ4v) is 5.08. The molecule has 4 aromatic rings. The Morgan fingerprint density at radius 3 is 2.62 bits per heavy atom. The van der Waals surface area contributed by atoms with E-state index in [4.69, 9.17) is 16.3 Å². The third kappa shape index (κ3) is 4.88. The third-order valence-corrected chi connectivity index (χ3v) is 7.05. The summed E-state index contributed by atoms with van der Waals surface area (Å²) in [7, 11) is -0.757. The predicted molar refractivity (Wildman–Crippen MR) is 135 cm³/mol. The van der Waals surface area contributed by atoms with Crippen LogP contribution in [0.2, 0.25) is 5.02 Å². The Balaban J connectivity index is 0.00000324. The van der Waals surface area contributed by atoms with Gasteiger partial charge in [-0.1, -0.05) is 17.7 Å². The predicted octanol–water partition coefficient (Wildman–Crippen LogP) is 4.60. The molecule has 0 bridgehead atoms. The van der Waals surface area contributed by atoms with Crippen molar-refractivity contribution in [2.24, 2.45) is 0 Å². The van der Waals surface area contributed by atoms with Crippen molar-refractivity contribution < 1.29 is 17.9 Å². The highest BCUT2D eigenvalue weighted by atomic mass is 35.5. The number of methoxy groups -OCH3 is 1. The van der Waals surface area contributed by atoms with Crippen molar-refractivity contribution in [1.82, 2.24) is 14.3 Å². The Bertz CT molecular complexity index is 1440. The molecule has 0 saturated carbocycles. The minimum atomic E-state index is -3.86. The molecule has 0 radical (unpaired) electrons. The number of nitrogens with one attached hydrogen (secondary N) is 2. The molecule has 2 aromatic carbocycles. The molecule has 0 aliphatic heterocycles. The van der Waals surface area contributed by atoms with Gasteiger partial charge in [0.2, 0.25) is 0 Å². The molecule has 0 unspecified atom stereocenters. The Labute approximate surface area is 208 Å². The van der Waals surface area contributed by atoms with Crippen LogP contribution in [0.4, 0.5) is 11.4 Å². The number of hydrogen-bond donors (Lipinski definition) is 2. The summed E-state index contributed by atoms with van der Waals surface area (Å²) in [6.45, 7) is 0.500. The fourth-order valence-electron chi connectivity index (χ4n) is 3.50. The third-order valence-electron chi connectivity index (χ3n) is 5.08. The van der Waals surface area contributed by atoms with Crippen molar-refractivity contribution in [2.75, 3.05) is 19.5 Å². The van der Waals surface area contributed by atoms with Crippen LogP contribution in [0, 0.1) is 0 Å². The van der Waals surface area contributed by atoms with Gasteiger partial charge in [-0.15, -0.1) is 12.4 Å². The van der Waals surface area contributed by atoms with E-state index < -0.39 is 16.0 Å². The summed E-state index contributed by atoms with van der Waals surface area (Å²) in [5, 5.41) is 7.39. The molecule has 8 nitrogen and oxygen atoms in total. The van der Waals surface area contributed by atoms with Crippen molar-refractivity contribution in [3.8, 4) is 0 Å². The van der Waals surface area contributed by atoms with Gasteiger partial charge in [0.05, 0.1) is 28.9 Å². The zero-order valence-electron chi connectivity index (χ0n) is 18.3. The first kappa shape index (κ1) is 25.5. The highest BCUT2D eigenvalue weighted by Gasteiger charge is 2.22. The molecule has 2 heterocycles. The molecule has 0 saturated heterocycles. The lowest BCUT2D eigenvalue weighted by atomic mass is 10.1. The van der Waals surface area contributed by atoms with Gasteiger partial charge in [-0.2, -0.15) is 0 Å². The molecule has 0 aliphatic carbocycles. The fraction of sp³-hybridized carbons (Fsp3) is 0.130. The van der Waals surface area contributed by atoms with Crippen LogP contribution in [0.5, 0.6) is 0 Å². The summed E-state index contributed by atoms with van der Waals surface area (Å²) in [4.78, 5) is 15.8. The number of pyridine rings is 1. The lowest BCUT2D eigenvalue weighted by Gasteiger charge is -2.11. The van der Waals surface area contributed by atoms with E-state index in [-0.39, 0.29) is 17.3 Å². The molecule has 4 rings (SSSR count). The van der Waals surface area contributed by atoms with E-state index in [1.54, 1.807) is 37.5 Å². The Hall–Kier alpha value is -3.11. The monoisotopic (exact) mass is 520 g/mol. The second-order valence-corrected chi connectivity index (χ2v) is 9.44. The SMILES string of the molecule is CNCc1cn(S(=O)(=O)c2cccnc2)c2cc(Nc3ccc(C(=O)OC)cc3Cl)ccc12.Cl. The summed E-state index contributed by atoms with van der Waals surface area (Å²) >= 11 is 6.34. The second-order valence-electron chi connectivity index (χ2n) is 7.22. The summed E-state index contributed by atoms with van der Waals surface area (Å²) in [5.41, 5.74) is 2.87. The number of ether oxygens (including phenoxy) is 1. The Kier molecular flexibility index (Phi) is 7.83. The minimum absolute atomic E-state index is 0. The lowest BCUT2D eigenvalue weighted by molar-refractivity contribution is 0.0600. The summed E-state index contributed by atoms with van der Waals surface area (Å²) in [6, 6.07) is 13.3. The maximum atomic E-state index is 13.3. The number of fused-ring (bicyclic) bond motifs is 1. The first-order valence-electron chi connectivity index (χ1n) is 9.94. The summed E-state index contributed by atoms with van der Waals surface area (Å²) in [6.07, 6.45) is 4.46. The lowest BCUT2D eigenvalue weighted by Crippen LogP contribution is -2.12. The number of carbonyl (C=O) groups excluding carboxylic acids is 1. The molecule has 178 valence electrons. The molecule has 2 N–H and O–H groups in total. The molecule has 0 amide bonds. The number of nitrogens with zero attached hydrogens (tertiary/aromatic N) is 2. The number of aromatic nitrogens is 2. The van der Waals surface area contributed by atoms with Gasteiger partial charge in [0.1, 0.15) is 4.90 Å². The second kappa shape index (κ2) is 10.4. The highest BCUT2D eigenvalue weighted by Crippen LogP contribution is 2.31. The maximum Gasteiger partial charge on any atom is 0.337 e. The van der Waals surface area contributed by atoms with E-state index in [0.29, 0.717) is 34.0 Å². The standard InChI is InChI=1S/C23H21ClN4O4S.ClH/c1-25-12-16-14-28(33(30,31)18-4-3-9-26-13-18)22-11-17(6-7-19(16)22)27-21-8-5-15(10-20(21)24)23(29)32-2;/h3-11,13-14,25,27H,12H2,1-2H3;1H. The van der Waals surface area contributed by atoms with Gasteiger partial charge in [-0.05, 0) is 55.1 Å². The van der Waals surface area contributed by atoms with Crippen LogP contribution in [0.1, 0.15) is 15.9 Å². The number of anilines is 2. The molecule has 0 aliphatic rings. The largest absolute Gasteiger partial charge is 0.465 e. The van der Waals surface area contributed by atoms with E-state index in [2.05, 4.69) is 15.6 Å². The quantitative estimate of drug-likeness (QED) is 0.343. The number of esters is 1. The average molecular weight is 521 g/mol. The highest BCUT2D eigenvalue weighted by molar-refractivity contribution is 7.90. The van der Waals surface area contributed by atoms with Crippen LogP contribution in [0.3, 0.4) is 0 Å². The van der Waals surface area contributed by atoms with Crippen LogP contribution in [-0.4, -0.2) is 37.5 Å². The van der Waals surface area contributed by atoms with Gasteiger partial charge in [0, 0.05) is 36.2 Å². The van der Waals surface area contributed by atoms with Crippen LogP contribution in [-0.2, 0) is 21.3 Å². The molecular formula is C23H22Cl2N4O4S. The van der Waals surface area contributed by atoms with Crippen LogP contribution in [0.25, 0.3) is 10.9 Å². The van der Waals surface area contributed by atoms with Crippen molar-refractivity contribution >= 4 is 62.3 Å². The van der Waals surface area contributed by atoms with Crippen LogP contribution < -0.4 is 10.6 Å². The summed E-state index contributed by atoms with van der Waals surface area (Å²) < 4.78 is 32.6. The van der Waals surface area contributed by atoms with E-state index >= 15 is 0 Å². The molecule has 2 aromatic heterocycles. The van der Waals surface area contributed by atoms with Gasteiger partial charge < -0.3 is 15.4 Å². The number of carbonyl (C=O) groups is 1. The number of halogens is 2. The van der Waals surface area contributed by atoms with Gasteiger partial charge in [-0.3, -0.25) is 4.98 Å². The van der Waals surface area contributed by atoms with Crippen molar-refractivity contribution in [3.63, 3.8) is 0 Å². The van der Waals surface area contributed by atoms with Crippen molar-refractivity contribution in [2.45, 2.75) is 11.4 Å². The number of hydrogen-bond acceptors (Lipinski definition) is 7. The molecular weight excluding hydrogens is 499 g/mol. The van der Waals surface area contributed by atoms with Crippen LogP contribution >= 0.6 is 24.0 Å². The van der Waals surface area contributed by atoms with Gasteiger partial charge in [-0.25, -0.2) is 17.2 Å². The van der Waals surface area contributed by atoms with Crippen molar-refractivity contribution in [3.05, 3.63) is 83.3 Å². The van der Waals surface area contributed by atoms with E-state index in [1.807, 2.05) is 12.1 Å². The normalized spacial score (nSPS) is 11.1. The minimum Gasteiger partial charge on any atom is -0.465 e. The van der Waals surface area contributed by atoms with E-state index in [1.165, 1.54) is 35.6 Å². The molecule has 0 fully saturated rings. The first-order valence-corrected chi connectivity index (χ1v) is 11.8. The Morgan fingerprint density at radius 1 is 1.18 bits per heavy atom. The molecule has 34 heavy (non-hydrogen) atoms. The van der Waals surface area contributed by atoms with Gasteiger partial charge >= 0.3 is 5.97 Å². The molecule has 0 spiro atoms. The number of benzene rings is 2. The first-order chi connectivity index (χ1) is 15.8. The van der Waals surface area contributed by atoms with Crippen LogP contribution in [0.15, 0.2) is 72.0 Å². The van der Waals surface area contributed by atoms with E-state index in [9.17, 15) is 13.2 Å². The van der Waals surface area contributed by atoms with Crippen molar-refractivity contribution in [1.29, 1.82) is 0 Å². The molecule has 0 atom stereocenters.